The van der Waals surface area contributed by atoms with Crippen LogP contribution in [0.2, 0.25) is 0 Å². The van der Waals surface area contributed by atoms with E-state index in [1.165, 1.54) is 16.7 Å². The average Bonchev–Trinajstić information content (AvgIpc) is 2.64. The van der Waals surface area contributed by atoms with Crippen molar-refractivity contribution in [2.75, 3.05) is 0 Å². The lowest BCUT2D eigenvalue weighted by Gasteiger charge is -2.16. The molecule has 0 amide bonds. The first-order valence-corrected chi connectivity index (χ1v) is 10.9. The van der Waals surface area contributed by atoms with Crippen molar-refractivity contribution in [2.45, 2.75) is 49.3 Å². The monoisotopic (exact) mass is 376 g/mol. The third kappa shape index (κ3) is 3.57. The molecule has 0 aromatic heterocycles. The zero-order valence-corrected chi connectivity index (χ0v) is 16.6. The molecule has 4 aliphatic carbocycles. The summed E-state index contributed by atoms with van der Waals surface area (Å²) in [4.78, 5) is 0.842. The maximum Gasteiger partial charge on any atom is 0.206 e. The fraction of sp³-hybridized carbons (Fsp3) is 0.250. The quantitative estimate of drug-likeness (QED) is 0.629. The molecule has 0 heterocycles. The molecule has 0 N–H and O–H groups in total. The molecule has 7 rings (SSSR count). The van der Waals surface area contributed by atoms with Crippen LogP contribution in [0, 0.1) is 13.8 Å². The van der Waals surface area contributed by atoms with Crippen LogP contribution in [0.15, 0.2) is 70.5 Å². The van der Waals surface area contributed by atoms with Crippen molar-refractivity contribution in [2.24, 2.45) is 0 Å². The number of aryl methyl sites for hydroxylation is 6. The van der Waals surface area contributed by atoms with Gasteiger partial charge >= 0.3 is 0 Å². The van der Waals surface area contributed by atoms with Crippen LogP contribution in [0.25, 0.3) is 0 Å². The summed E-state index contributed by atoms with van der Waals surface area (Å²) in [6.07, 6.45) is 3.34. The van der Waals surface area contributed by atoms with E-state index in [4.69, 9.17) is 0 Å². The lowest BCUT2D eigenvalue weighted by atomic mass is 9.94. The van der Waals surface area contributed by atoms with E-state index >= 15 is 0 Å². The van der Waals surface area contributed by atoms with E-state index in [9.17, 15) is 8.42 Å². The summed E-state index contributed by atoms with van der Waals surface area (Å²) in [5.41, 5.74) is 6.94. The van der Waals surface area contributed by atoms with E-state index in [0.717, 1.165) is 42.4 Å². The second kappa shape index (κ2) is 6.97. The first-order chi connectivity index (χ1) is 12.9. The standard InChI is InChI=1S/C24H24O2S/c1-17-3-13-23(14-4-17)27(25,26)24-16-20-6-5-19-7-9-21(18(2)15-19)11-12-22(24)10-8-20/h3-4,7-10,13-16H,5-6,11-12H2,1-2H3. The minimum absolute atomic E-state index is 0.373. The zero-order chi connectivity index (χ0) is 19.0. The van der Waals surface area contributed by atoms with Crippen LogP contribution in [0.1, 0.15) is 33.4 Å². The summed E-state index contributed by atoms with van der Waals surface area (Å²) in [6.45, 7) is 4.12. The Morgan fingerprint density at radius 3 is 1.93 bits per heavy atom. The van der Waals surface area contributed by atoms with E-state index in [1.54, 1.807) is 12.1 Å². The highest BCUT2D eigenvalue weighted by molar-refractivity contribution is 7.91. The Balaban J connectivity index is 1.81. The minimum Gasteiger partial charge on any atom is -0.219 e. The van der Waals surface area contributed by atoms with Crippen molar-refractivity contribution in [3.63, 3.8) is 0 Å². The molecule has 3 heteroatoms. The van der Waals surface area contributed by atoms with Crippen molar-refractivity contribution in [3.05, 3.63) is 94.0 Å². The Labute approximate surface area is 161 Å². The Hall–Kier alpha value is -2.39. The molecule has 0 fully saturated rings. The number of sulfone groups is 1. The average molecular weight is 377 g/mol. The van der Waals surface area contributed by atoms with E-state index < -0.39 is 9.84 Å². The van der Waals surface area contributed by atoms with Crippen LogP contribution in [0.5, 0.6) is 0 Å². The SMILES string of the molecule is Cc1ccc(S(=O)(=O)c2cc3ccc2CCc2ccc(cc2C)CC3)cc1. The van der Waals surface area contributed by atoms with Crippen LogP contribution in [0.4, 0.5) is 0 Å². The Morgan fingerprint density at radius 1 is 0.667 bits per heavy atom. The van der Waals surface area contributed by atoms with Gasteiger partial charge < -0.3 is 0 Å². The maximum absolute atomic E-state index is 13.4. The van der Waals surface area contributed by atoms with Crippen LogP contribution in [0.3, 0.4) is 0 Å². The lowest BCUT2D eigenvalue weighted by molar-refractivity contribution is 0.594. The van der Waals surface area contributed by atoms with Crippen molar-refractivity contribution >= 4 is 9.84 Å². The number of hydrogen-bond acceptors (Lipinski definition) is 2. The van der Waals surface area contributed by atoms with Crippen molar-refractivity contribution in [3.8, 4) is 0 Å². The Kier molecular flexibility index (Phi) is 4.65. The van der Waals surface area contributed by atoms with Crippen molar-refractivity contribution in [1.29, 1.82) is 0 Å². The molecule has 3 aromatic rings. The molecule has 4 aliphatic rings. The molecule has 0 unspecified atom stereocenters. The molecular weight excluding hydrogens is 352 g/mol. The third-order valence-electron chi connectivity index (χ3n) is 5.53. The highest BCUT2D eigenvalue weighted by Gasteiger charge is 2.22. The number of hydrogen-bond donors (Lipinski definition) is 0. The van der Waals surface area contributed by atoms with Gasteiger partial charge in [0.2, 0.25) is 9.84 Å². The van der Waals surface area contributed by atoms with Gasteiger partial charge in [0.1, 0.15) is 0 Å². The molecule has 138 valence electrons. The van der Waals surface area contributed by atoms with E-state index in [1.807, 2.05) is 31.2 Å². The highest BCUT2D eigenvalue weighted by atomic mass is 32.2. The molecule has 0 aliphatic heterocycles. The van der Waals surface area contributed by atoms with Gasteiger partial charge in [0, 0.05) is 0 Å². The fourth-order valence-electron chi connectivity index (χ4n) is 3.81. The van der Waals surface area contributed by atoms with Crippen LogP contribution >= 0.6 is 0 Å². The molecular formula is C24H24O2S. The topological polar surface area (TPSA) is 34.1 Å². The van der Waals surface area contributed by atoms with E-state index in [-0.39, 0.29) is 0 Å². The van der Waals surface area contributed by atoms with Gasteiger partial charge in [0.15, 0.2) is 0 Å². The molecule has 3 aromatic carbocycles. The second-order valence-electron chi connectivity index (χ2n) is 7.52. The maximum atomic E-state index is 13.4. The van der Waals surface area contributed by atoms with Crippen molar-refractivity contribution < 1.29 is 8.42 Å². The molecule has 2 nitrogen and oxygen atoms in total. The summed E-state index contributed by atoms with van der Waals surface area (Å²) < 4.78 is 26.7. The highest BCUT2D eigenvalue weighted by Crippen LogP contribution is 2.28. The molecule has 27 heavy (non-hydrogen) atoms. The summed E-state index contributed by atoms with van der Waals surface area (Å²) in [6, 6.07) is 19.8. The molecule has 0 radical (unpaired) electrons. The van der Waals surface area contributed by atoms with Gasteiger partial charge in [-0.1, -0.05) is 48.0 Å². The largest absolute Gasteiger partial charge is 0.219 e. The van der Waals surface area contributed by atoms with Gasteiger partial charge in [0.25, 0.3) is 0 Å². The predicted molar refractivity (Wildman–Crippen MR) is 109 cm³/mol. The van der Waals surface area contributed by atoms with Gasteiger partial charge in [-0.15, -0.1) is 0 Å². The summed E-state index contributed by atoms with van der Waals surface area (Å²) in [5.74, 6) is 0. The first kappa shape index (κ1) is 18.0. The normalized spacial score (nSPS) is 14.0. The van der Waals surface area contributed by atoms with Gasteiger partial charge in [-0.3, -0.25) is 0 Å². The van der Waals surface area contributed by atoms with Gasteiger partial charge in [-0.2, -0.15) is 0 Å². The number of rotatable bonds is 2. The molecule has 0 saturated heterocycles. The van der Waals surface area contributed by atoms with E-state index in [0.29, 0.717) is 9.79 Å². The van der Waals surface area contributed by atoms with Gasteiger partial charge in [0.05, 0.1) is 9.79 Å². The summed E-state index contributed by atoms with van der Waals surface area (Å²) in [5, 5.41) is 0. The van der Waals surface area contributed by atoms with E-state index in [2.05, 4.69) is 31.2 Å². The van der Waals surface area contributed by atoms with Crippen LogP contribution < -0.4 is 0 Å². The smallest absolute Gasteiger partial charge is 0.206 e. The summed E-state index contributed by atoms with van der Waals surface area (Å²) in [7, 11) is -3.52. The Bertz CT molecular complexity index is 1090. The lowest BCUT2D eigenvalue weighted by Crippen LogP contribution is -2.09. The first-order valence-electron chi connectivity index (χ1n) is 9.45. The molecule has 4 bridgehead atoms. The van der Waals surface area contributed by atoms with Crippen molar-refractivity contribution in [1.82, 2.24) is 0 Å². The fourth-order valence-corrected chi connectivity index (χ4v) is 5.38. The van der Waals surface area contributed by atoms with Gasteiger partial charge in [-0.05, 0) is 85.5 Å². The van der Waals surface area contributed by atoms with Crippen LogP contribution in [-0.2, 0) is 35.5 Å². The second-order valence-corrected chi connectivity index (χ2v) is 9.44. The summed E-state index contributed by atoms with van der Waals surface area (Å²) >= 11 is 0. The molecule has 0 atom stereocenters. The predicted octanol–water partition coefficient (Wildman–Crippen LogP) is 5.02. The van der Waals surface area contributed by atoms with Gasteiger partial charge in [-0.25, -0.2) is 8.42 Å². The third-order valence-corrected chi connectivity index (χ3v) is 7.38. The Morgan fingerprint density at radius 2 is 1.26 bits per heavy atom. The molecule has 0 saturated carbocycles. The zero-order valence-electron chi connectivity index (χ0n) is 15.8. The number of benzene rings is 3. The molecule has 0 spiro atoms. The van der Waals surface area contributed by atoms with Crippen LogP contribution in [-0.4, -0.2) is 8.42 Å². The minimum atomic E-state index is -3.52.